The van der Waals surface area contributed by atoms with Crippen molar-refractivity contribution in [1.29, 1.82) is 0 Å². The SMILES string of the molecule is FC(F)(F)c1cc(-c2cc(Cl)ncn2)ccc1Cl. The molecule has 1 heterocycles. The van der Waals surface area contributed by atoms with Crippen LogP contribution < -0.4 is 0 Å². The van der Waals surface area contributed by atoms with Gasteiger partial charge < -0.3 is 0 Å². The number of benzene rings is 1. The highest BCUT2D eigenvalue weighted by atomic mass is 35.5. The number of rotatable bonds is 1. The molecule has 2 aromatic rings. The molecule has 0 radical (unpaired) electrons. The van der Waals surface area contributed by atoms with Crippen molar-refractivity contribution >= 4 is 23.2 Å². The van der Waals surface area contributed by atoms with Gasteiger partial charge in [0.15, 0.2) is 0 Å². The summed E-state index contributed by atoms with van der Waals surface area (Å²) in [7, 11) is 0. The van der Waals surface area contributed by atoms with Gasteiger partial charge in [-0.2, -0.15) is 13.2 Å². The molecular formula is C11H5Cl2F3N2. The van der Waals surface area contributed by atoms with Crippen LogP contribution in [-0.2, 0) is 6.18 Å². The second-order valence-corrected chi connectivity index (χ2v) is 4.21. The van der Waals surface area contributed by atoms with Gasteiger partial charge in [-0.1, -0.05) is 29.3 Å². The molecule has 0 unspecified atom stereocenters. The molecule has 0 fully saturated rings. The first-order chi connectivity index (χ1) is 8.38. The van der Waals surface area contributed by atoms with E-state index in [2.05, 4.69) is 9.97 Å². The van der Waals surface area contributed by atoms with Gasteiger partial charge in [0.1, 0.15) is 11.5 Å². The van der Waals surface area contributed by atoms with E-state index in [4.69, 9.17) is 23.2 Å². The second kappa shape index (κ2) is 4.74. The Hall–Kier alpha value is -1.33. The molecule has 0 saturated carbocycles. The molecule has 0 atom stereocenters. The largest absolute Gasteiger partial charge is 0.417 e. The molecule has 94 valence electrons. The molecule has 0 spiro atoms. The normalized spacial score (nSPS) is 11.6. The Morgan fingerprint density at radius 2 is 1.72 bits per heavy atom. The Labute approximate surface area is 110 Å². The van der Waals surface area contributed by atoms with Crippen LogP contribution in [0.1, 0.15) is 5.56 Å². The molecule has 7 heteroatoms. The van der Waals surface area contributed by atoms with Crippen LogP contribution in [0.3, 0.4) is 0 Å². The summed E-state index contributed by atoms with van der Waals surface area (Å²) in [6, 6.07) is 4.93. The average Bonchev–Trinajstić information content (AvgIpc) is 2.28. The zero-order valence-corrected chi connectivity index (χ0v) is 10.2. The molecule has 2 nitrogen and oxygen atoms in total. The number of alkyl halides is 3. The van der Waals surface area contributed by atoms with Gasteiger partial charge >= 0.3 is 6.18 Å². The highest BCUT2D eigenvalue weighted by Crippen LogP contribution is 2.36. The van der Waals surface area contributed by atoms with E-state index in [1.54, 1.807) is 0 Å². The smallest absolute Gasteiger partial charge is 0.236 e. The third-order valence-corrected chi connectivity index (χ3v) is 2.74. The number of nitrogens with zero attached hydrogens (tertiary/aromatic N) is 2. The lowest BCUT2D eigenvalue weighted by atomic mass is 10.1. The van der Waals surface area contributed by atoms with Crippen molar-refractivity contribution in [3.63, 3.8) is 0 Å². The number of hydrogen-bond donors (Lipinski definition) is 0. The van der Waals surface area contributed by atoms with Crippen LogP contribution in [0.15, 0.2) is 30.6 Å². The predicted octanol–water partition coefficient (Wildman–Crippen LogP) is 4.47. The maximum Gasteiger partial charge on any atom is 0.417 e. The molecule has 0 aliphatic heterocycles. The van der Waals surface area contributed by atoms with Gasteiger partial charge in [-0.15, -0.1) is 0 Å². The fourth-order valence-corrected chi connectivity index (χ4v) is 1.76. The van der Waals surface area contributed by atoms with Crippen LogP contribution in [0.2, 0.25) is 10.2 Å². The lowest BCUT2D eigenvalue weighted by molar-refractivity contribution is -0.137. The maximum atomic E-state index is 12.7. The van der Waals surface area contributed by atoms with Gasteiger partial charge in [0.2, 0.25) is 0 Å². The average molecular weight is 293 g/mol. The summed E-state index contributed by atoms with van der Waals surface area (Å²) < 4.78 is 38.0. The minimum atomic E-state index is -4.51. The van der Waals surface area contributed by atoms with E-state index < -0.39 is 11.7 Å². The zero-order valence-electron chi connectivity index (χ0n) is 8.67. The van der Waals surface area contributed by atoms with E-state index in [0.717, 1.165) is 6.07 Å². The van der Waals surface area contributed by atoms with Crippen LogP contribution in [0.5, 0.6) is 0 Å². The van der Waals surface area contributed by atoms with Crippen LogP contribution >= 0.6 is 23.2 Å². The Morgan fingerprint density at radius 1 is 1.00 bits per heavy atom. The summed E-state index contributed by atoms with van der Waals surface area (Å²) in [4.78, 5) is 7.52. The number of aromatic nitrogens is 2. The Bertz CT molecular complexity index is 585. The summed E-state index contributed by atoms with van der Waals surface area (Å²) in [5, 5.41) is -0.199. The summed E-state index contributed by atoms with van der Waals surface area (Å²) in [6.07, 6.45) is -3.33. The number of hydrogen-bond acceptors (Lipinski definition) is 2. The van der Waals surface area contributed by atoms with Gasteiger partial charge in [0.25, 0.3) is 0 Å². The van der Waals surface area contributed by atoms with Crippen molar-refractivity contribution in [2.75, 3.05) is 0 Å². The van der Waals surface area contributed by atoms with Crippen LogP contribution in [0.4, 0.5) is 13.2 Å². The van der Waals surface area contributed by atoms with Crippen molar-refractivity contribution in [2.24, 2.45) is 0 Å². The topological polar surface area (TPSA) is 25.8 Å². The maximum absolute atomic E-state index is 12.7. The van der Waals surface area contributed by atoms with Crippen LogP contribution in [0.25, 0.3) is 11.3 Å². The fourth-order valence-electron chi connectivity index (χ4n) is 1.39. The first-order valence-electron chi connectivity index (χ1n) is 4.72. The highest BCUT2D eigenvalue weighted by molar-refractivity contribution is 6.31. The first-order valence-corrected chi connectivity index (χ1v) is 5.48. The van der Waals surface area contributed by atoms with E-state index in [0.29, 0.717) is 5.69 Å². The highest BCUT2D eigenvalue weighted by Gasteiger charge is 2.33. The predicted molar refractivity (Wildman–Crippen MR) is 62.5 cm³/mol. The third-order valence-electron chi connectivity index (χ3n) is 2.20. The molecule has 0 saturated heterocycles. The van der Waals surface area contributed by atoms with Crippen molar-refractivity contribution in [3.05, 3.63) is 46.3 Å². The zero-order chi connectivity index (χ0) is 13.3. The van der Waals surface area contributed by atoms with Gasteiger partial charge in [-0.25, -0.2) is 9.97 Å². The summed E-state index contributed by atoms with van der Waals surface area (Å²) in [5.74, 6) is 0. The molecule has 2 rings (SSSR count). The van der Waals surface area contributed by atoms with E-state index in [9.17, 15) is 13.2 Å². The lowest BCUT2D eigenvalue weighted by Crippen LogP contribution is -2.06. The van der Waals surface area contributed by atoms with Gasteiger partial charge in [0, 0.05) is 11.6 Å². The van der Waals surface area contributed by atoms with Crippen molar-refractivity contribution in [3.8, 4) is 11.3 Å². The lowest BCUT2D eigenvalue weighted by Gasteiger charge is -2.10. The molecule has 0 aliphatic rings. The number of halogens is 5. The molecule has 0 amide bonds. The van der Waals surface area contributed by atoms with Gasteiger partial charge in [-0.3, -0.25) is 0 Å². The quantitative estimate of drug-likeness (QED) is 0.725. The summed E-state index contributed by atoms with van der Waals surface area (Å²) >= 11 is 11.2. The van der Waals surface area contributed by atoms with Gasteiger partial charge in [-0.05, 0) is 12.1 Å². The monoisotopic (exact) mass is 292 g/mol. The molecular weight excluding hydrogens is 288 g/mol. The van der Waals surface area contributed by atoms with Crippen molar-refractivity contribution < 1.29 is 13.2 Å². The summed E-state index contributed by atoms with van der Waals surface area (Å²) in [5.41, 5.74) is -0.329. The third kappa shape index (κ3) is 2.73. The van der Waals surface area contributed by atoms with Crippen LogP contribution in [-0.4, -0.2) is 9.97 Å². The van der Waals surface area contributed by atoms with Crippen LogP contribution in [0, 0.1) is 0 Å². The van der Waals surface area contributed by atoms with Crippen molar-refractivity contribution in [1.82, 2.24) is 9.97 Å². The summed E-state index contributed by atoms with van der Waals surface area (Å²) in [6.45, 7) is 0. The van der Waals surface area contributed by atoms with Crippen molar-refractivity contribution in [2.45, 2.75) is 6.18 Å². The standard InChI is InChI=1S/C11H5Cl2F3N2/c12-8-2-1-6(3-7(8)11(14,15)16)9-4-10(13)18-5-17-9/h1-5H. The molecule has 0 aliphatic carbocycles. The van der Waals surface area contributed by atoms with E-state index >= 15 is 0 Å². The first kappa shape index (κ1) is 13.1. The molecule has 1 aromatic heterocycles. The molecule has 18 heavy (non-hydrogen) atoms. The Morgan fingerprint density at radius 3 is 2.33 bits per heavy atom. The van der Waals surface area contributed by atoms with E-state index in [1.165, 1.54) is 24.5 Å². The van der Waals surface area contributed by atoms with E-state index in [-0.39, 0.29) is 15.7 Å². The van der Waals surface area contributed by atoms with Gasteiger partial charge in [0.05, 0.1) is 16.3 Å². The molecule has 0 N–H and O–H groups in total. The molecule has 0 bridgehead atoms. The fraction of sp³-hybridized carbons (Fsp3) is 0.0909. The van der Waals surface area contributed by atoms with E-state index in [1.807, 2.05) is 0 Å². The Balaban J connectivity index is 2.54. The Kier molecular flexibility index (Phi) is 3.45. The molecule has 1 aromatic carbocycles. The second-order valence-electron chi connectivity index (χ2n) is 3.42. The minimum absolute atomic E-state index is 0.156. The minimum Gasteiger partial charge on any atom is -0.236 e.